The van der Waals surface area contributed by atoms with Crippen molar-refractivity contribution in [3.63, 3.8) is 0 Å². The van der Waals surface area contributed by atoms with Gasteiger partial charge in [-0.3, -0.25) is 0 Å². The number of amides is 2. The highest BCUT2D eigenvalue weighted by Gasteiger charge is 2.22. The van der Waals surface area contributed by atoms with Crippen LogP contribution in [-0.4, -0.2) is 38.2 Å². The molecule has 2 aromatic carbocycles. The Kier molecular flexibility index (Phi) is 6.13. The number of fused-ring (bicyclic) bond motifs is 3. The summed E-state index contributed by atoms with van der Waals surface area (Å²) in [4.78, 5) is 14.5. The lowest BCUT2D eigenvalue weighted by molar-refractivity contribution is 0.193. The van der Waals surface area contributed by atoms with E-state index in [4.69, 9.17) is 0 Å². The van der Waals surface area contributed by atoms with Crippen LogP contribution < -0.4 is 10.0 Å². The minimum absolute atomic E-state index is 0.0615. The van der Waals surface area contributed by atoms with Crippen molar-refractivity contribution in [2.75, 3.05) is 18.8 Å². The van der Waals surface area contributed by atoms with Crippen LogP contribution in [0.2, 0.25) is 0 Å². The summed E-state index contributed by atoms with van der Waals surface area (Å²) in [6, 6.07) is 16.2. The highest BCUT2D eigenvalue weighted by molar-refractivity contribution is 7.89. The predicted molar refractivity (Wildman–Crippen MR) is 107 cm³/mol. The topological polar surface area (TPSA) is 78.5 Å². The molecule has 144 valence electrons. The summed E-state index contributed by atoms with van der Waals surface area (Å²) in [5.41, 5.74) is 4.57. The van der Waals surface area contributed by atoms with Crippen LogP contribution in [0.1, 0.15) is 24.5 Å². The molecule has 0 fully saturated rings. The van der Waals surface area contributed by atoms with Crippen molar-refractivity contribution in [3.05, 3.63) is 59.7 Å². The average molecular weight is 388 g/mol. The van der Waals surface area contributed by atoms with Crippen molar-refractivity contribution in [1.29, 1.82) is 0 Å². The summed E-state index contributed by atoms with van der Waals surface area (Å²) < 4.78 is 25.3. The number of nitrogens with one attached hydrogen (secondary N) is 2. The summed E-state index contributed by atoms with van der Waals surface area (Å²) in [5.74, 6) is 0.0615. The van der Waals surface area contributed by atoms with E-state index in [0.717, 1.165) is 22.3 Å². The number of hydrogen-bond acceptors (Lipinski definition) is 3. The van der Waals surface area contributed by atoms with Crippen LogP contribution in [0.3, 0.4) is 0 Å². The number of benzene rings is 2. The molecule has 1 aliphatic rings. The molecule has 0 aliphatic carbocycles. The van der Waals surface area contributed by atoms with Gasteiger partial charge in [0, 0.05) is 26.2 Å². The van der Waals surface area contributed by atoms with Crippen molar-refractivity contribution in [2.24, 2.45) is 0 Å². The molecule has 1 aliphatic heterocycles. The van der Waals surface area contributed by atoms with Gasteiger partial charge in [-0.25, -0.2) is 17.9 Å². The summed E-state index contributed by atoms with van der Waals surface area (Å²) in [6.45, 7) is 3.42. The van der Waals surface area contributed by atoms with Crippen LogP contribution in [0.4, 0.5) is 4.79 Å². The van der Waals surface area contributed by atoms with Crippen molar-refractivity contribution < 1.29 is 13.2 Å². The third kappa shape index (κ3) is 4.87. The molecule has 0 bridgehead atoms. The SMILES string of the molecule is CCS(=O)(=O)NCCCNC(=O)N1Cc2ccccc2-c2ccccc2C1. The van der Waals surface area contributed by atoms with Crippen LogP contribution in [0.5, 0.6) is 0 Å². The Morgan fingerprint density at radius 3 is 2.07 bits per heavy atom. The third-order valence-electron chi connectivity index (χ3n) is 4.67. The van der Waals surface area contributed by atoms with Gasteiger partial charge in [0.2, 0.25) is 10.0 Å². The molecule has 0 radical (unpaired) electrons. The zero-order valence-corrected chi connectivity index (χ0v) is 16.3. The van der Waals surface area contributed by atoms with Gasteiger partial charge >= 0.3 is 6.03 Å². The van der Waals surface area contributed by atoms with Gasteiger partial charge in [0.25, 0.3) is 0 Å². The summed E-state index contributed by atoms with van der Waals surface area (Å²) >= 11 is 0. The third-order valence-corrected chi connectivity index (χ3v) is 6.07. The molecular formula is C20H25N3O3S. The Bertz CT molecular complexity index is 865. The lowest BCUT2D eigenvalue weighted by Gasteiger charge is -2.22. The fourth-order valence-corrected chi connectivity index (χ4v) is 3.84. The van der Waals surface area contributed by atoms with Crippen LogP contribution in [0.25, 0.3) is 11.1 Å². The van der Waals surface area contributed by atoms with E-state index < -0.39 is 10.0 Å². The van der Waals surface area contributed by atoms with E-state index in [-0.39, 0.29) is 11.8 Å². The molecule has 2 aromatic rings. The first-order valence-electron chi connectivity index (χ1n) is 9.16. The number of carbonyl (C=O) groups is 1. The second kappa shape index (κ2) is 8.54. The van der Waals surface area contributed by atoms with Gasteiger partial charge in [-0.1, -0.05) is 48.5 Å². The Morgan fingerprint density at radius 2 is 1.52 bits per heavy atom. The second-order valence-electron chi connectivity index (χ2n) is 6.55. The molecule has 3 rings (SSSR count). The van der Waals surface area contributed by atoms with Gasteiger partial charge in [0.1, 0.15) is 0 Å². The Hall–Kier alpha value is -2.38. The average Bonchev–Trinajstić information content (AvgIpc) is 2.84. The lowest BCUT2D eigenvalue weighted by atomic mass is 9.97. The van der Waals surface area contributed by atoms with Crippen LogP contribution >= 0.6 is 0 Å². The quantitative estimate of drug-likeness (QED) is 0.748. The van der Waals surface area contributed by atoms with Gasteiger partial charge in [0.15, 0.2) is 0 Å². The van der Waals surface area contributed by atoms with E-state index in [1.165, 1.54) is 0 Å². The molecule has 0 spiro atoms. The van der Waals surface area contributed by atoms with E-state index in [2.05, 4.69) is 34.3 Å². The summed E-state index contributed by atoms with van der Waals surface area (Å²) in [7, 11) is -3.19. The maximum Gasteiger partial charge on any atom is 0.318 e. The first kappa shape index (κ1) is 19.4. The van der Waals surface area contributed by atoms with Crippen LogP contribution in [0, 0.1) is 0 Å². The van der Waals surface area contributed by atoms with Gasteiger partial charge in [-0.05, 0) is 35.6 Å². The number of carbonyl (C=O) groups excluding carboxylic acids is 1. The van der Waals surface area contributed by atoms with Crippen LogP contribution in [-0.2, 0) is 23.1 Å². The van der Waals surface area contributed by atoms with Gasteiger partial charge < -0.3 is 10.2 Å². The maximum absolute atomic E-state index is 12.7. The molecule has 27 heavy (non-hydrogen) atoms. The van der Waals surface area contributed by atoms with E-state index in [1.807, 2.05) is 24.3 Å². The van der Waals surface area contributed by atoms with Gasteiger partial charge in [-0.2, -0.15) is 0 Å². The van der Waals surface area contributed by atoms with E-state index >= 15 is 0 Å². The highest BCUT2D eigenvalue weighted by atomic mass is 32.2. The molecular weight excluding hydrogens is 362 g/mol. The summed E-state index contributed by atoms with van der Waals surface area (Å²) in [5, 5.41) is 2.90. The van der Waals surface area contributed by atoms with E-state index in [1.54, 1.807) is 11.8 Å². The Morgan fingerprint density at radius 1 is 0.963 bits per heavy atom. The minimum atomic E-state index is -3.19. The molecule has 2 N–H and O–H groups in total. The zero-order chi connectivity index (χ0) is 19.3. The van der Waals surface area contributed by atoms with Gasteiger partial charge in [-0.15, -0.1) is 0 Å². The number of urea groups is 1. The normalized spacial score (nSPS) is 13.4. The molecule has 2 amide bonds. The van der Waals surface area contributed by atoms with Crippen molar-refractivity contribution in [1.82, 2.24) is 14.9 Å². The number of hydrogen-bond donors (Lipinski definition) is 2. The van der Waals surface area contributed by atoms with Gasteiger partial charge in [0.05, 0.1) is 5.75 Å². The lowest BCUT2D eigenvalue weighted by Crippen LogP contribution is -2.40. The molecule has 0 atom stereocenters. The molecule has 0 unspecified atom stereocenters. The fraction of sp³-hybridized carbons (Fsp3) is 0.350. The van der Waals surface area contributed by atoms with Crippen molar-refractivity contribution in [2.45, 2.75) is 26.4 Å². The largest absolute Gasteiger partial charge is 0.338 e. The first-order valence-corrected chi connectivity index (χ1v) is 10.8. The fourth-order valence-electron chi connectivity index (χ4n) is 3.18. The zero-order valence-electron chi connectivity index (χ0n) is 15.4. The molecule has 0 saturated heterocycles. The van der Waals surface area contributed by atoms with Crippen LogP contribution in [0.15, 0.2) is 48.5 Å². The smallest absolute Gasteiger partial charge is 0.318 e. The second-order valence-corrected chi connectivity index (χ2v) is 8.65. The molecule has 6 nitrogen and oxygen atoms in total. The minimum Gasteiger partial charge on any atom is -0.338 e. The standard InChI is InChI=1S/C20H25N3O3S/c1-2-27(25,26)22-13-7-12-21-20(24)23-14-16-8-3-5-10-18(16)19-11-6-4-9-17(19)15-23/h3-6,8-11,22H,2,7,12-15H2,1H3,(H,21,24). The number of sulfonamides is 1. The molecule has 7 heteroatoms. The molecule has 0 saturated carbocycles. The number of rotatable bonds is 6. The molecule has 1 heterocycles. The number of nitrogens with zero attached hydrogens (tertiary/aromatic N) is 1. The Labute approximate surface area is 160 Å². The summed E-state index contributed by atoms with van der Waals surface area (Å²) in [6.07, 6.45) is 0.548. The Balaban J connectivity index is 1.63. The molecule has 0 aromatic heterocycles. The first-order chi connectivity index (χ1) is 13.0. The monoisotopic (exact) mass is 387 g/mol. The van der Waals surface area contributed by atoms with E-state index in [9.17, 15) is 13.2 Å². The highest BCUT2D eigenvalue weighted by Crippen LogP contribution is 2.32. The van der Waals surface area contributed by atoms with Crippen molar-refractivity contribution >= 4 is 16.1 Å². The predicted octanol–water partition coefficient (Wildman–Crippen LogP) is 2.71. The van der Waals surface area contributed by atoms with Crippen molar-refractivity contribution in [3.8, 4) is 11.1 Å². The maximum atomic E-state index is 12.7. The van der Waals surface area contributed by atoms with E-state index in [0.29, 0.717) is 32.6 Å².